The fraction of sp³-hybridized carbons (Fsp3) is 0.462. The number of benzene rings is 2. The van der Waals surface area contributed by atoms with Crippen molar-refractivity contribution in [2.75, 3.05) is 43.4 Å². The summed E-state index contributed by atoms with van der Waals surface area (Å²) in [5.74, 6) is -1.20. The third-order valence-electron chi connectivity index (χ3n) is 6.78. The summed E-state index contributed by atoms with van der Waals surface area (Å²) >= 11 is 0. The summed E-state index contributed by atoms with van der Waals surface area (Å²) in [5, 5.41) is 5.71. The van der Waals surface area contributed by atoms with E-state index in [4.69, 9.17) is 0 Å². The Balaban J connectivity index is 1.45. The summed E-state index contributed by atoms with van der Waals surface area (Å²) < 4.78 is 0. The van der Waals surface area contributed by atoms with E-state index in [1.54, 1.807) is 0 Å². The number of anilines is 2. The van der Waals surface area contributed by atoms with Crippen molar-refractivity contribution in [3.63, 3.8) is 0 Å². The second-order valence-corrected chi connectivity index (χ2v) is 9.26. The Hall–Kier alpha value is -2.86. The number of hydrogen-bond donors (Lipinski definition) is 2. The number of fused-ring (bicyclic) bond motifs is 1. The molecule has 6 nitrogen and oxygen atoms in total. The lowest BCUT2D eigenvalue weighted by Crippen LogP contribution is -2.41. The third-order valence-corrected chi connectivity index (χ3v) is 6.78. The van der Waals surface area contributed by atoms with Gasteiger partial charge in [0.25, 0.3) is 0 Å². The van der Waals surface area contributed by atoms with Crippen LogP contribution in [0, 0.1) is 20.8 Å². The van der Waals surface area contributed by atoms with Crippen LogP contribution in [-0.2, 0) is 16.0 Å². The molecule has 0 saturated carbocycles. The molecule has 1 atom stereocenters. The van der Waals surface area contributed by atoms with Gasteiger partial charge in [0.05, 0.1) is 6.04 Å². The summed E-state index contributed by atoms with van der Waals surface area (Å²) in [6.07, 6.45) is 3.39. The van der Waals surface area contributed by atoms with E-state index in [1.165, 1.54) is 29.7 Å². The third kappa shape index (κ3) is 4.65. The van der Waals surface area contributed by atoms with Crippen LogP contribution in [0.5, 0.6) is 0 Å². The summed E-state index contributed by atoms with van der Waals surface area (Å²) in [5.41, 5.74) is 7.64. The van der Waals surface area contributed by atoms with Gasteiger partial charge in [-0.25, -0.2) is 0 Å². The van der Waals surface area contributed by atoms with Crippen molar-refractivity contribution in [2.24, 2.45) is 0 Å². The number of amides is 2. The number of likely N-dealkylation sites (N-methyl/N-ethyl adjacent to an activating group) is 1. The van der Waals surface area contributed by atoms with Gasteiger partial charge in [0, 0.05) is 31.5 Å². The first-order valence-corrected chi connectivity index (χ1v) is 11.6. The van der Waals surface area contributed by atoms with Crippen molar-refractivity contribution in [1.29, 1.82) is 0 Å². The van der Waals surface area contributed by atoms with Gasteiger partial charge in [-0.05, 0) is 81.4 Å². The number of carbonyl (C=O) groups is 2. The highest BCUT2D eigenvalue weighted by atomic mass is 16.2. The number of nitrogens with zero attached hydrogens (tertiary/aromatic N) is 2. The molecule has 32 heavy (non-hydrogen) atoms. The first kappa shape index (κ1) is 22.3. The molecule has 1 fully saturated rings. The van der Waals surface area contributed by atoms with Crippen LogP contribution >= 0.6 is 0 Å². The minimum atomic E-state index is -0.615. The molecule has 1 saturated heterocycles. The Labute approximate surface area is 191 Å². The largest absolute Gasteiger partial charge is 0.374 e. The average Bonchev–Trinajstić information content (AvgIpc) is 3.41. The topological polar surface area (TPSA) is 64.7 Å². The van der Waals surface area contributed by atoms with Gasteiger partial charge < -0.3 is 15.5 Å². The number of aryl methyl sites for hydroxylation is 3. The van der Waals surface area contributed by atoms with E-state index in [0.29, 0.717) is 6.54 Å². The smallest absolute Gasteiger partial charge is 0.313 e. The van der Waals surface area contributed by atoms with Gasteiger partial charge in [0.2, 0.25) is 0 Å². The molecule has 4 rings (SSSR count). The number of hydrogen-bond acceptors (Lipinski definition) is 4. The van der Waals surface area contributed by atoms with Crippen LogP contribution in [0.2, 0.25) is 0 Å². The van der Waals surface area contributed by atoms with Crippen molar-refractivity contribution in [3.05, 3.63) is 58.1 Å². The molecule has 0 bridgehead atoms. The lowest BCUT2D eigenvalue weighted by atomic mass is 10.0. The Morgan fingerprint density at radius 3 is 2.34 bits per heavy atom. The zero-order chi connectivity index (χ0) is 22.8. The van der Waals surface area contributed by atoms with E-state index < -0.39 is 11.8 Å². The fourth-order valence-electron chi connectivity index (χ4n) is 5.12. The summed E-state index contributed by atoms with van der Waals surface area (Å²) in [6.45, 7) is 9.42. The molecule has 0 spiro atoms. The van der Waals surface area contributed by atoms with Gasteiger partial charge in [-0.2, -0.15) is 0 Å². The number of likely N-dealkylation sites (tertiary alicyclic amines) is 1. The van der Waals surface area contributed by atoms with Crippen molar-refractivity contribution in [1.82, 2.24) is 10.2 Å². The molecule has 6 heteroatoms. The lowest BCUT2D eigenvalue weighted by molar-refractivity contribution is -0.136. The molecule has 1 unspecified atom stereocenters. The van der Waals surface area contributed by atoms with E-state index in [0.717, 1.165) is 48.4 Å². The van der Waals surface area contributed by atoms with Crippen LogP contribution in [0.15, 0.2) is 30.3 Å². The molecule has 2 aliphatic rings. The van der Waals surface area contributed by atoms with E-state index in [1.807, 2.05) is 32.9 Å². The lowest BCUT2D eigenvalue weighted by Gasteiger charge is -2.28. The van der Waals surface area contributed by atoms with Crippen LogP contribution in [0.4, 0.5) is 11.4 Å². The maximum absolute atomic E-state index is 12.7. The maximum Gasteiger partial charge on any atom is 0.313 e. The first-order chi connectivity index (χ1) is 15.3. The molecule has 2 aromatic rings. The Bertz CT molecular complexity index is 1000. The number of carbonyl (C=O) groups excluding carboxylic acids is 2. The SMILES string of the molecule is Cc1cc(C)c(NC(=O)C(=O)NCC(c2ccc3c(c2)CCN3C)N2CCCC2)c(C)c1. The van der Waals surface area contributed by atoms with Gasteiger partial charge in [0.1, 0.15) is 0 Å². The van der Waals surface area contributed by atoms with Crippen molar-refractivity contribution in [3.8, 4) is 0 Å². The minimum absolute atomic E-state index is 0.0771. The highest BCUT2D eigenvalue weighted by Crippen LogP contribution is 2.32. The normalized spacial score (nSPS) is 16.7. The molecule has 170 valence electrons. The molecular weight excluding hydrogens is 400 g/mol. The molecule has 2 amide bonds. The zero-order valence-electron chi connectivity index (χ0n) is 19.6. The average molecular weight is 435 g/mol. The van der Waals surface area contributed by atoms with Gasteiger partial charge in [-0.1, -0.05) is 29.8 Å². The zero-order valence-corrected chi connectivity index (χ0v) is 19.6. The molecule has 2 heterocycles. The molecule has 0 aromatic heterocycles. The molecule has 2 N–H and O–H groups in total. The van der Waals surface area contributed by atoms with Gasteiger partial charge in [-0.3, -0.25) is 14.5 Å². The predicted molar refractivity (Wildman–Crippen MR) is 129 cm³/mol. The Morgan fingerprint density at radius 1 is 0.969 bits per heavy atom. The van der Waals surface area contributed by atoms with E-state index in [2.05, 4.69) is 45.7 Å². The highest BCUT2D eigenvalue weighted by molar-refractivity contribution is 6.39. The van der Waals surface area contributed by atoms with Crippen LogP contribution in [0.3, 0.4) is 0 Å². The summed E-state index contributed by atoms with van der Waals surface area (Å²) in [6, 6.07) is 10.7. The number of nitrogens with one attached hydrogen (secondary N) is 2. The first-order valence-electron chi connectivity index (χ1n) is 11.6. The molecule has 2 aliphatic heterocycles. The Kier molecular flexibility index (Phi) is 6.51. The van der Waals surface area contributed by atoms with Gasteiger partial charge in [0.15, 0.2) is 0 Å². The molecule has 2 aromatic carbocycles. The predicted octanol–water partition coefficient (Wildman–Crippen LogP) is 3.50. The van der Waals surface area contributed by atoms with Crippen molar-refractivity contribution in [2.45, 2.75) is 46.1 Å². The molecular formula is C26H34N4O2. The summed E-state index contributed by atoms with van der Waals surface area (Å²) in [7, 11) is 2.12. The van der Waals surface area contributed by atoms with E-state index in [9.17, 15) is 9.59 Å². The molecule has 0 radical (unpaired) electrons. The number of rotatable bonds is 5. The maximum atomic E-state index is 12.7. The fourth-order valence-corrected chi connectivity index (χ4v) is 5.12. The van der Waals surface area contributed by atoms with Crippen molar-refractivity contribution < 1.29 is 9.59 Å². The minimum Gasteiger partial charge on any atom is -0.374 e. The van der Waals surface area contributed by atoms with Crippen LogP contribution in [0.1, 0.15) is 46.7 Å². The van der Waals surface area contributed by atoms with Crippen LogP contribution in [-0.4, -0.2) is 49.9 Å². The highest BCUT2D eigenvalue weighted by Gasteiger charge is 2.27. The van der Waals surface area contributed by atoms with Crippen LogP contribution in [0.25, 0.3) is 0 Å². The van der Waals surface area contributed by atoms with E-state index in [-0.39, 0.29) is 6.04 Å². The Morgan fingerprint density at radius 2 is 1.66 bits per heavy atom. The van der Waals surface area contributed by atoms with Gasteiger partial charge >= 0.3 is 11.8 Å². The van der Waals surface area contributed by atoms with Crippen molar-refractivity contribution >= 4 is 23.2 Å². The molecule has 0 aliphatic carbocycles. The standard InChI is InChI=1S/C26H34N4O2/c1-17-13-18(2)24(19(3)14-17)28-26(32)25(31)27-16-23(30-10-5-6-11-30)20-7-8-22-21(15-20)9-12-29(22)4/h7-8,13-15,23H,5-6,9-12,16H2,1-4H3,(H,27,31)(H,28,32). The second-order valence-electron chi connectivity index (χ2n) is 9.26. The quantitative estimate of drug-likeness (QED) is 0.707. The van der Waals surface area contributed by atoms with Gasteiger partial charge in [-0.15, -0.1) is 0 Å². The van der Waals surface area contributed by atoms with Crippen LogP contribution < -0.4 is 15.5 Å². The summed E-state index contributed by atoms with van der Waals surface area (Å²) in [4.78, 5) is 30.0. The second kappa shape index (κ2) is 9.33. The van der Waals surface area contributed by atoms with E-state index >= 15 is 0 Å². The monoisotopic (exact) mass is 434 g/mol.